The third-order valence-corrected chi connectivity index (χ3v) is 1.96. The van der Waals surface area contributed by atoms with Gasteiger partial charge in [0.2, 0.25) is 0 Å². The van der Waals surface area contributed by atoms with Crippen molar-refractivity contribution in [2.75, 3.05) is 6.54 Å². The van der Waals surface area contributed by atoms with Gasteiger partial charge in [0.1, 0.15) is 0 Å². The summed E-state index contributed by atoms with van der Waals surface area (Å²) in [6.45, 7) is 5.01. The van der Waals surface area contributed by atoms with Crippen LogP contribution in [0.2, 0.25) is 0 Å². The molecule has 0 amide bonds. The van der Waals surface area contributed by atoms with Crippen LogP contribution in [0, 0.1) is 0 Å². The van der Waals surface area contributed by atoms with Gasteiger partial charge in [-0.3, -0.25) is 4.68 Å². The van der Waals surface area contributed by atoms with Gasteiger partial charge < -0.3 is 5.73 Å². The second kappa shape index (κ2) is 3.72. The van der Waals surface area contributed by atoms with Gasteiger partial charge in [0.15, 0.2) is 0 Å². The molecule has 1 aromatic rings. The number of aromatic nitrogens is 2. The molecule has 2 N–H and O–H groups in total. The molecule has 12 heavy (non-hydrogen) atoms. The van der Waals surface area contributed by atoms with Crippen molar-refractivity contribution in [3.05, 3.63) is 17.5 Å². The summed E-state index contributed by atoms with van der Waals surface area (Å²) in [4.78, 5) is 0. The van der Waals surface area contributed by atoms with E-state index in [1.54, 1.807) is 0 Å². The Balaban J connectivity index is 2.85. The van der Waals surface area contributed by atoms with Crippen molar-refractivity contribution >= 4 is 0 Å². The molecule has 0 fully saturated rings. The first-order valence-corrected chi connectivity index (χ1v) is 4.38. The van der Waals surface area contributed by atoms with Crippen LogP contribution < -0.4 is 5.73 Å². The van der Waals surface area contributed by atoms with Crippen molar-refractivity contribution < 1.29 is 0 Å². The number of hydrogen-bond acceptors (Lipinski definition) is 2. The van der Waals surface area contributed by atoms with Gasteiger partial charge in [0, 0.05) is 19.2 Å². The molecule has 0 aliphatic heterocycles. The molecule has 0 unspecified atom stereocenters. The summed E-state index contributed by atoms with van der Waals surface area (Å²) in [7, 11) is 1.98. The van der Waals surface area contributed by atoms with E-state index < -0.39 is 0 Å². The summed E-state index contributed by atoms with van der Waals surface area (Å²) in [5, 5.41) is 4.36. The van der Waals surface area contributed by atoms with Gasteiger partial charge in [0.05, 0.1) is 5.69 Å². The van der Waals surface area contributed by atoms with Gasteiger partial charge in [-0.15, -0.1) is 0 Å². The van der Waals surface area contributed by atoms with Crippen LogP contribution in [-0.4, -0.2) is 16.3 Å². The minimum absolute atomic E-state index is 0.536. The average Bonchev–Trinajstić information content (AvgIpc) is 2.32. The van der Waals surface area contributed by atoms with Gasteiger partial charge >= 0.3 is 0 Å². The molecule has 0 bridgehead atoms. The Morgan fingerprint density at radius 2 is 2.25 bits per heavy atom. The van der Waals surface area contributed by atoms with E-state index in [4.69, 9.17) is 5.73 Å². The number of hydrogen-bond donors (Lipinski definition) is 1. The van der Waals surface area contributed by atoms with E-state index in [0.29, 0.717) is 12.5 Å². The fourth-order valence-corrected chi connectivity index (χ4v) is 1.35. The average molecular weight is 167 g/mol. The molecule has 1 rings (SSSR count). The number of nitrogens with two attached hydrogens (primary N) is 1. The van der Waals surface area contributed by atoms with Crippen LogP contribution in [0.5, 0.6) is 0 Å². The van der Waals surface area contributed by atoms with Crippen molar-refractivity contribution in [3.8, 4) is 0 Å². The highest BCUT2D eigenvalue weighted by Crippen LogP contribution is 2.14. The first-order valence-electron chi connectivity index (χ1n) is 4.38. The van der Waals surface area contributed by atoms with E-state index in [0.717, 1.165) is 12.1 Å². The van der Waals surface area contributed by atoms with E-state index in [-0.39, 0.29) is 0 Å². The molecular formula is C9H17N3. The molecule has 0 saturated carbocycles. The Kier molecular flexibility index (Phi) is 2.87. The quantitative estimate of drug-likeness (QED) is 0.731. The zero-order chi connectivity index (χ0) is 9.14. The van der Waals surface area contributed by atoms with Crippen molar-refractivity contribution in [2.24, 2.45) is 12.8 Å². The third kappa shape index (κ3) is 1.85. The molecule has 0 aliphatic rings. The van der Waals surface area contributed by atoms with Gasteiger partial charge in [-0.1, -0.05) is 13.8 Å². The molecule has 1 heterocycles. The highest BCUT2D eigenvalue weighted by molar-refractivity contribution is 5.13. The van der Waals surface area contributed by atoms with Crippen LogP contribution in [-0.2, 0) is 13.5 Å². The highest BCUT2D eigenvalue weighted by atomic mass is 15.3. The maximum atomic E-state index is 5.45. The minimum atomic E-state index is 0.536. The van der Waals surface area contributed by atoms with Crippen molar-refractivity contribution in [1.29, 1.82) is 0 Å². The summed E-state index contributed by atoms with van der Waals surface area (Å²) >= 11 is 0. The standard InChI is InChI=1S/C9H17N3/c1-7(2)9-6-8(4-5-10)11-12(9)3/h6-7H,4-5,10H2,1-3H3. The highest BCUT2D eigenvalue weighted by Gasteiger charge is 2.06. The monoisotopic (exact) mass is 167 g/mol. The lowest BCUT2D eigenvalue weighted by Gasteiger charge is -2.02. The predicted molar refractivity (Wildman–Crippen MR) is 50.1 cm³/mol. The lowest BCUT2D eigenvalue weighted by Crippen LogP contribution is -2.03. The summed E-state index contributed by atoms with van der Waals surface area (Å²) < 4.78 is 1.94. The van der Waals surface area contributed by atoms with Crippen LogP contribution in [0.15, 0.2) is 6.07 Å². The Morgan fingerprint density at radius 3 is 2.67 bits per heavy atom. The van der Waals surface area contributed by atoms with Crippen molar-refractivity contribution in [2.45, 2.75) is 26.2 Å². The number of rotatable bonds is 3. The van der Waals surface area contributed by atoms with Gasteiger partial charge in [-0.25, -0.2) is 0 Å². The summed E-state index contributed by atoms with van der Waals surface area (Å²) in [6, 6.07) is 2.14. The maximum absolute atomic E-state index is 5.45. The lowest BCUT2D eigenvalue weighted by atomic mass is 10.1. The summed E-state index contributed by atoms with van der Waals surface area (Å²) in [5.41, 5.74) is 7.82. The first kappa shape index (κ1) is 9.26. The second-order valence-corrected chi connectivity index (χ2v) is 3.38. The molecule has 0 radical (unpaired) electrons. The normalized spacial score (nSPS) is 11.1. The van der Waals surface area contributed by atoms with Crippen LogP contribution in [0.1, 0.15) is 31.2 Å². The fourth-order valence-electron chi connectivity index (χ4n) is 1.35. The van der Waals surface area contributed by atoms with E-state index in [1.807, 2.05) is 11.7 Å². The van der Waals surface area contributed by atoms with Crippen molar-refractivity contribution in [3.63, 3.8) is 0 Å². The molecule has 3 heteroatoms. The van der Waals surface area contributed by atoms with Crippen LogP contribution in [0.4, 0.5) is 0 Å². The molecule has 1 aromatic heterocycles. The number of aryl methyl sites for hydroxylation is 1. The molecule has 0 atom stereocenters. The second-order valence-electron chi connectivity index (χ2n) is 3.38. The van der Waals surface area contributed by atoms with E-state index >= 15 is 0 Å². The van der Waals surface area contributed by atoms with E-state index in [1.165, 1.54) is 5.69 Å². The molecule has 0 aromatic carbocycles. The topological polar surface area (TPSA) is 43.8 Å². The van der Waals surface area contributed by atoms with E-state index in [9.17, 15) is 0 Å². The molecule has 3 nitrogen and oxygen atoms in total. The first-order chi connectivity index (χ1) is 5.65. The number of nitrogens with zero attached hydrogens (tertiary/aromatic N) is 2. The predicted octanol–water partition coefficient (Wildman–Crippen LogP) is 1.04. The van der Waals surface area contributed by atoms with Gasteiger partial charge in [0.25, 0.3) is 0 Å². The molecule has 0 saturated heterocycles. The van der Waals surface area contributed by atoms with E-state index in [2.05, 4.69) is 25.0 Å². The summed E-state index contributed by atoms with van der Waals surface area (Å²) in [6.07, 6.45) is 0.876. The molecule has 68 valence electrons. The largest absolute Gasteiger partial charge is 0.330 e. The SMILES string of the molecule is CC(C)c1cc(CCN)nn1C. The Hall–Kier alpha value is -0.830. The Bertz CT molecular complexity index is 250. The molecule has 0 aliphatic carbocycles. The maximum Gasteiger partial charge on any atom is 0.0640 e. The lowest BCUT2D eigenvalue weighted by molar-refractivity contribution is 0.661. The smallest absolute Gasteiger partial charge is 0.0640 e. The Morgan fingerprint density at radius 1 is 1.58 bits per heavy atom. The third-order valence-electron chi connectivity index (χ3n) is 1.96. The summed E-state index contributed by atoms with van der Waals surface area (Å²) in [5.74, 6) is 0.536. The molecule has 0 spiro atoms. The van der Waals surface area contributed by atoms with Gasteiger partial charge in [-0.05, 0) is 18.5 Å². The zero-order valence-electron chi connectivity index (χ0n) is 8.04. The minimum Gasteiger partial charge on any atom is -0.330 e. The van der Waals surface area contributed by atoms with Crippen LogP contribution in [0.3, 0.4) is 0 Å². The fraction of sp³-hybridized carbons (Fsp3) is 0.667. The molecular weight excluding hydrogens is 150 g/mol. The zero-order valence-corrected chi connectivity index (χ0v) is 8.04. The Labute approximate surface area is 73.6 Å². The van der Waals surface area contributed by atoms with Crippen molar-refractivity contribution in [1.82, 2.24) is 9.78 Å². The van der Waals surface area contributed by atoms with Crippen LogP contribution in [0.25, 0.3) is 0 Å². The van der Waals surface area contributed by atoms with Gasteiger partial charge in [-0.2, -0.15) is 5.10 Å². The van der Waals surface area contributed by atoms with Crippen LogP contribution >= 0.6 is 0 Å².